The van der Waals surface area contributed by atoms with E-state index >= 15 is 0 Å². The predicted molar refractivity (Wildman–Crippen MR) is 142 cm³/mol. The number of benzene rings is 1. The van der Waals surface area contributed by atoms with Gasteiger partial charge in [-0.25, -0.2) is 9.97 Å². The van der Waals surface area contributed by atoms with Gasteiger partial charge in [0.25, 0.3) is 0 Å². The molecule has 4 rings (SSSR count). The number of aromatic nitrogens is 2. The highest BCUT2D eigenvalue weighted by Crippen LogP contribution is 2.25. The molecule has 3 heterocycles. The van der Waals surface area contributed by atoms with Crippen LogP contribution in [-0.2, 0) is 9.59 Å². The second kappa shape index (κ2) is 11.8. The Hall–Kier alpha value is -3.43. The summed E-state index contributed by atoms with van der Waals surface area (Å²) >= 11 is 7.66. The molecule has 0 saturated carbocycles. The van der Waals surface area contributed by atoms with Gasteiger partial charge in [-0.1, -0.05) is 17.7 Å². The van der Waals surface area contributed by atoms with Crippen LogP contribution in [0.3, 0.4) is 0 Å². The molecule has 0 atom stereocenters. The number of piperazine rings is 1. The van der Waals surface area contributed by atoms with E-state index in [0.29, 0.717) is 55.9 Å². The van der Waals surface area contributed by atoms with Crippen molar-refractivity contribution in [3.05, 3.63) is 63.8 Å². The molecule has 0 spiro atoms. The number of hydrogen-bond acceptors (Lipinski definition) is 7. The molecule has 1 aliphatic rings. The van der Waals surface area contributed by atoms with Crippen LogP contribution < -0.4 is 15.5 Å². The number of carbonyl (C=O) groups excluding carboxylic acids is 2. The quantitative estimate of drug-likeness (QED) is 0.354. The van der Waals surface area contributed by atoms with Crippen LogP contribution in [0.25, 0.3) is 17.5 Å². The molecule has 8 nitrogen and oxygen atoms in total. The number of thiophene rings is 1. The molecular formula is C25H27ClN6O2S. The van der Waals surface area contributed by atoms with Gasteiger partial charge in [0.1, 0.15) is 11.6 Å². The average molecular weight is 511 g/mol. The first-order valence-corrected chi connectivity index (χ1v) is 12.6. The maximum Gasteiger partial charge on any atom is 0.246 e. The summed E-state index contributed by atoms with van der Waals surface area (Å²) in [4.78, 5) is 38.3. The molecule has 10 heteroatoms. The summed E-state index contributed by atoms with van der Waals surface area (Å²) in [5.74, 6) is 1.98. The summed E-state index contributed by atoms with van der Waals surface area (Å²) in [7, 11) is 0. The monoisotopic (exact) mass is 510 g/mol. The number of carbonyl (C=O) groups is 2. The SMILES string of the molecule is CC(=O)NCCNc1cc(N2CCN(C(=O)C=Cc3cccs3)CC2)nc(-c2ccc(Cl)cc2)n1. The Labute approximate surface area is 213 Å². The Bertz CT molecular complexity index is 1180. The van der Waals surface area contributed by atoms with Gasteiger partial charge in [0.2, 0.25) is 11.8 Å². The van der Waals surface area contributed by atoms with E-state index < -0.39 is 0 Å². The first kappa shape index (κ1) is 24.7. The highest BCUT2D eigenvalue weighted by molar-refractivity contribution is 7.10. The Morgan fingerprint density at radius 1 is 1.09 bits per heavy atom. The van der Waals surface area contributed by atoms with Crippen molar-refractivity contribution in [2.24, 2.45) is 0 Å². The van der Waals surface area contributed by atoms with Crippen molar-refractivity contribution in [3.63, 3.8) is 0 Å². The maximum absolute atomic E-state index is 12.6. The van der Waals surface area contributed by atoms with Gasteiger partial charge in [-0.05, 0) is 41.8 Å². The molecule has 35 heavy (non-hydrogen) atoms. The van der Waals surface area contributed by atoms with E-state index in [-0.39, 0.29) is 11.8 Å². The fourth-order valence-corrected chi connectivity index (χ4v) is 4.39. The Morgan fingerprint density at radius 2 is 1.86 bits per heavy atom. The van der Waals surface area contributed by atoms with Crippen LogP contribution in [0.15, 0.2) is 53.9 Å². The standard InChI is InChI=1S/C25H27ClN6O2S/c1-18(33)27-10-11-28-22-17-23(30-25(29-22)19-4-6-20(26)7-5-19)31-12-14-32(15-13-31)24(34)9-8-21-3-2-16-35-21/h2-9,16-17H,10-15H2,1H3,(H,27,33)(H,28,29,30). The van der Waals surface area contributed by atoms with E-state index in [1.807, 2.05) is 58.8 Å². The van der Waals surface area contributed by atoms with E-state index in [1.54, 1.807) is 17.4 Å². The maximum atomic E-state index is 12.6. The third kappa shape index (κ3) is 7.03. The Balaban J connectivity index is 1.46. The predicted octanol–water partition coefficient (Wildman–Crippen LogP) is 3.77. The number of nitrogens with zero attached hydrogens (tertiary/aromatic N) is 4. The Morgan fingerprint density at radius 3 is 2.54 bits per heavy atom. The van der Waals surface area contributed by atoms with Crippen molar-refractivity contribution in [1.82, 2.24) is 20.2 Å². The lowest BCUT2D eigenvalue weighted by atomic mass is 10.2. The number of halogens is 1. The van der Waals surface area contributed by atoms with Gasteiger partial charge in [-0.15, -0.1) is 11.3 Å². The topological polar surface area (TPSA) is 90.5 Å². The smallest absolute Gasteiger partial charge is 0.246 e. The van der Waals surface area contributed by atoms with Gasteiger partial charge in [0, 0.05) is 73.8 Å². The van der Waals surface area contributed by atoms with Crippen LogP contribution in [0.1, 0.15) is 11.8 Å². The van der Waals surface area contributed by atoms with Crippen LogP contribution in [0.2, 0.25) is 5.02 Å². The molecule has 0 radical (unpaired) electrons. The van der Waals surface area contributed by atoms with Crippen molar-refractivity contribution in [2.45, 2.75) is 6.92 Å². The van der Waals surface area contributed by atoms with E-state index in [0.717, 1.165) is 16.3 Å². The van der Waals surface area contributed by atoms with Crippen LogP contribution in [0.4, 0.5) is 11.6 Å². The van der Waals surface area contributed by atoms with E-state index in [1.165, 1.54) is 6.92 Å². The van der Waals surface area contributed by atoms with Crippen LogP contribution in [0.5, 0.6) is 0 Å². The third-order valence-electron chi connectivity index (χ3n) is 5.47. The zero-order valence-electron chi connectivity index (χ0n) is 19.4. The van der Waals surface area contributed by atoms with Gasteiger partial charge < -0.3 is 20.4 Å². The lowest BCUT2D eigenvalue weighted by Crippen LogP contribution is -2.48. The van der Waals surface area contributed by atoms with Crippen molar-refractivity contribution >= 4 is 52.5 Å². The summed E-state index contributed by atoms with van der Waals surface area (Å²) in [5, 5.41) is 8.67. The van der Waals surface area contributed by atoms with E-state index in [9.17, 15) is 9.59 Å². The molecule has 3 aromatic rings. The van der Waals surface area contributed by atoms with Crippen LogP contribution >= 0.6 is 22.9 Å². The molecule has 0 bridgehead atoms. The number of amides is 2. The van der Waals surface area contributed by atoms with Crippen molar-refractivity contribution in [2.75, 3.05) is 49.5 Å². The highest BCUT2D eigenvalue weighted by Gasteiger charge is 2.22. The lowest BCUT2D eigenvalue weighted by molar-refractivity contribution is -0.126. The van der Waals surface area contributed by atoms with Crippen molar-refractivity contribution in [1.29, 1.82) is 0 Å². The molecule has 0 aliphatic carbocycles. The molecule has 2 amide bonds. The van der Waals surface area contributed by atoms with Gasteiger partial charge in [-0.2, -0.15) is 0 Å². The molecule has 1 aromatic carbocycles. The lowest BCUT2D eigenvalue weighted by Gasteiger charge is -2.35. The number of rotatable bonds is 8. The number of nitrogens with one attached hydrogen (secondary N) is 2. The van der Waals surface area contributed by atoms with Crippen LogP contribution in [-0.4, -0.2) is 66.0 Å². The first-order valence-electron chi connectivity index (χ1n) is 11.4. The molecular weight excluding hydrogens is 484 g/mol. The zero-order valence-corrected chi connectivity index (χ0v) is 21.0. The summed E-state index contributed by atoms with van der Waals surface area (Å²) < 4.78 is 0. The summed E-state index contributed by atoms with van der Waals surface area (Å²) in [6.07, 6.45) is 3.50. The number of anilines is 2. The van der Waals surface area contributed by atoms with Gasteiger partial charge in [0.15, 0.2) is 5.82 Å². The zero-order chi connectivity index (χ0) is 24.6. The van der Waals surface area contributed by atoms with Crippen molar-refractivity contribution < 1.29 is 9.59 Å². The van der Waals surface area contributed by atoms with E-state index in [2.05, 4.69) is 20.5 Å². The van der Waals surface area contributed by atoms with Gasteiger partial charge in [0.05, 0.1) is 0 Å². The molecule has 2 aromatic heterocycles. The normalized spacial score (nSPS) is 13.8. The minimum absolute atomic E-state index is 0.0166. The minimum Gasteiger partial charge on any atom is -0.368 e. The Kier molecular flexibility index (Phi) is 8.33. The fraction of sp³-hybridized carbons (Fsp3) is 0.280. The van der Waals surface area contributed by atoms with Crippen LogP contribution in [0, 0.1) is 0 Å². The van der Waals surface area contributed by atoms with Gasteiger partial charge >= 0.3 is 0 Å². The summed E-state index contributed by atoms with van der Waals surface area (Å²) in [6, 6.07) is 13.3. The largest absolute Gasteiger partial charge is 0.368 e. The second-order valence-corrected chi connectivity index (χ2v) is 9.43. The molecule has 1 fully saturated rings. The molecule has 1 aliphatic heterocycles. The summed E-state index contributed by atoms with van der Waals surface area (Å²) in [6.45, 7) is 5.07. The molecule has 2 N–H and O–H groups in total. The van der Waals surface area contributed by atoms with E-state index in [4.69, 9.17) is 16.6 Å². The molecule has 1 saturated heterocycles. The minimum atomic E-state index is -0.0744. The highest BCUT2D eigenvalue weighted by atomic mass is 35.5. The summed E-state index contributed by atoms with van der Waals surface area (Å²) in [5.41, 5.74) is 0.855. The fourth-order valence-electron chi connectivity index (χ4n) is 3.65. The second-order valence-electron chi connectivity index (χ2n) is 8.01. The molecule has 0 unspecified atom stereocenters. The third-order valence-corrected chi connectivity index (χ3v) is 6.56. The first-order chi connectivity index (χ1) is 17.0. The average Bonchev–Trinajstić information content (AvgIpc) is 3.39. The number of hydrogen-bond donors (Lipinski definition) is 2. The van der Waals surface area contributed by atoms with Crippen molar-refractivity contribution in [3.8, 4) is 11.4 Å². The molecule has 182 valence electrons. The van der Waals surface area contributed by atoms with Gasteiger partial charge in [-0.3, -0.25) is 9.59 Å².